The molecule has 2 unspecified atom stereocenters. The molecule has 1 aromatic heterocycles. The second kappa shape index (κ2) is 5.43. The molecule has 1 heterocycles. The summed E-state index contributed by atoms with van der Waals surface area (Å²) in [5, 5.41) is 0.989. The number of nitrogens with one attached hydrogen (secondary N) is 1. The van der Waals surface area contributed by atoms with Gasteiger partial charge in [0.1, 0.15) is 5.69 Å². The Morgan fingerprint density at radius 3 is 2.81 bits per heavy atom. The molecule has 112 valence electrons. The quantitative estimate of drug-likeness (QED) is 0.831. The van der Waals surface area contributed by atoms with E-state index in [1.807, 2.05) is 36.2 Å². The van der Waals surface area contributed by atoms with E-state index in [-0.39, 0.29) is 5.91 Å². The second-order valence-corrected chi connectivity index (χ2v) is 6.27. The molecular formula is C17H23N3O. The predicted molar refractivity (Wildman–Crippen MR) is 86.2 cm³/mol. The zero-order valence-corrected chi connectivity index (χ0v) is 12.7. The number of anilines is 1. The topological polar surface area (TPSA) is 62.1 Å². The van der Waals surface area contributed by atoms with Crippen molar-refractivity contribution in [3.63, 3.8) is 0 Å². The van der Waals surface area contributed by atoms with Crippen molar-refractivity contribution in [3.8, 4) is 0 Å². The summed E-state index contributed by atoms with van der Waals surface area (Å²) in [5.74, 6) is 0.649. The van der Waals surface area contributed by atoms with Crippen LogP contribution in [0.4, 0.5) is 5.69 Å². The molecular weight excluding hydrogens is 262 g/mol. The van der Waals surface area contributed by atoms with Gasteiger partial charge in [0.25, 0.3) is 5.91 Å². The fraction of sp³-hybridized carbons (Fsp3) is 0.471. The van der Waals surface area contributed by atoms with E-state index in [4.69, 9.17) is 5.73 Å². The maximum Gasteiger partial charge on any atom is 0.270 e. The van der Waals surface area contributed by atoms with Crippen LogP contribution in [-0.4, -0.2) is 28.9 Å². The average molecular weight is 285 g/mol. The van der Waals surface area contributed by atoms with E-state index in [0.29, 0.717) is 17.7 Å². The Morgan fingerprint density at radius 2 is 2.05 bits per heavy atom. The van der Waals surface area contributed by atoms with Crippen LogP contribution in [0.2, 0.25) is 0 Å². The van der Waals surface area contributed by atoms with Crippen molar-refractivity contribution in [2.24, 2.45) is 5.92 Å². The number of carbonyl (C=O) groups is 1. The zero-order valence-electron chi connectivity index (χ0n) is 12.7. The Bertz CT molecular complexity index is 661. The zero-order chi connectivity index (χ0) is 15.0. The van der Waals surface area contributed by atoms with Crippen LogP contribution in [0, 0.1) is 5.92 Å². The third kappa shape index (κ3) is 2.62. The maximum absolute atomic E-state index is 12.7. The standard InChI is InChI=1S/C17H23N3O/c1-11-5-3-4-6-16(11)20(2)17(21)15-10-12-9-13(18)7-8-14(12)19-15/h7-11,16,19H,3-6,18H2,1-2H3. The van der Waals surface area contributed by atoms with Gasteiger partial charge in [-0.2, -0.15) is 0 Å². The van der Waals surface area contributed by atoms with E-state index in [9.17, 15) is 4.79 Å². The molecule has 1 aromatic carbocycles. The lowest BCUT2D eigenvalue weighted by molar-refractivity contribution is 0.0624. The molecule has 4 nitrogen and oxygen atoms in total. The Labute approximate surface area is 125 Å². The number of amides is 1. The number of benzene rings is 1. The first-order valence-electron chi connectivity index (χ1n) is 7.71. The predicted octanol–water partition coefficient (Wildman–Crippen LogP) is 3.40. The van der Waals surface area contributed by atoms with E-state index in [1.54, 1.807) is 0 Å². The molecule has 1 aliphatic rings. The van der Waals surface area contributed by atoms with Crippen LogP contribution in [-0.2, 0) is 0 Å². The maximum atomic E-state index is 12.7. The molecule has 3 rings (SSSR count). The summed E-state index contributed by atoms with van der Waals surface area (Å²) >= 11 is 0. The smallest absolute Gasteiger partial charge is 0.270 e. The number of nitrogens with zero attached hydrogens (tertiary/aromatic N) is 1. The molecule has 0 spiro atoms. The second-order valence-electron chi connectivity index (χ2n) is 6.27. The van der Waals surface area contributed by atoms with E-state index in [2.05, 4.69) is 11.9 Å². The van der Waals surface area contributed by atoms with E-state index < -0.39 is 0 Å². The SMILES string of the molecule is CC1CCCCC1N(C)C(=O)c1cc2cc(N)ccc2[nH]1. The van der Waals surface area contributed by atoms with Crippen molar-refractivity contribution in [2.75, 3.05) is 12.8 Å². The summed E-state index contributed by atoms with van der Waals surface area (Å²) in [6.07, 6.45) is 4.82. The van der Waals surface area contributed by atoms with Gasteiger partial charge in [-0.15, -0.1) is 0 Å². The summed E-state index contributed by atoms with van der Waals surface area (Å²) in [6, 6.07) is 7.91. The van der Waals surface area contributed by atoms with Crippen LogP contribution in [0.15, 0.2) is 24.3 Å². The summed E-state index contributed by atoms with van der Waals surface area (Å²) in [4.78, 5) is 17.8. The molecule has 0 saturated heterocycles. The monoisotopic (exact) mass is 285 g/mol. The van der Waals surface area contributed by atoms with Crippen LogP contribution < -0.4 is 5.73 Å². The molecule has 4 heteroatoms. The highest BCUT2D eigenvalue weighted by Gasteiger charge is 2.28. The van der Waals surface area contributed by atoms with Crippen molar-refractivity contribution < 1.29 is 4.79 Å². The van der Waals surface area contributed by atoms with Crippen LogP contribution in [0.5, 0.6) is 0 Å². The molecule has 3 N–H and O–H groups in total. The number of aromatic amines is 1. The number of hydrogen-bond donors (Lipinski definition) is 2. The molecule has 0 radical (unpaired) electrons. The number of hydrogen-bond acceptors (Lipinski definition) is 2. The fourth-order valence-corrected chi connectivity index (χ4v) is 3.48. The number of nitrogens with two attached hydrogens (primary N) is 1. The molecule has 0 bridgehead atoms. The van der Waals surface area contributed by atoms with Gasteiger partial charge < -0.3 is 15.6 Å². The van der Waals surface area contributed by atoms with Gasteiger partial charge in [0, 0.05) is 29.7 Å². The molecule has 2 aromatic rings. The van der Waals surface area contributed by atoms with E-state index in [1.165, 1.54) is 19.3 Å². The normalized spacial score (nSPS) is 22.4. The highest BCUT2D eigenvalue weighted by molar-refractivity contribution is 5.98. The molecule has 1 amide bonds. The Balaban J connectivity index is 1.85. The highest BCUT2D eigenvalue weighted by atomic mass is 16.2. The summed E-state index contributed by atoms with van der Waals surface area (Å²) in [6.45, 7) is 2.25. The molecule has 1 aliphatic carbocycles. The lowest BCUT2D eigenvalue weighted by atomic mass is 9.85. The van der Waals surface area contributed by atoms with Crippen LogP contribution in [0.1, 0.15) is 43.1 Å². The number of carbonyl (C=O) groups excluding carboxylic acids is 1. The average Bonchev–Trinajstić information content (AvgIpc) is 2.89. The minimum Gasteiger partial charge on any atom is -0.399 e. The van der Waals surface area contributed by atoms with Gasteiger partial charge in [0.15, 0.2) is 0 Å². The van der Waals surface area contributed by atoms with Gasteiger partial charge in [0.05, 0.1) is 0 Å². The Kier molecular flexibility index (Phi) is 3.62. The van der Waals surface area contributed by atoms with Crippen molar-refractivity contribution in [2.45, 2.75) is 38.6 Å². The van der Waals surface area contributed by atoms with Crippen molar-refractivity contribution >= 4 is 22.5 Å². The number of rotatable bonds is 2. The minimum absolute atomic E-state index is 0.0727. The number of fused-ring (bicyclic) bond motifs is 1. The number of H-pyrrole nitrogens is 1. The third-order valence-corrected chi connectivity index (χ3v) is 4.76. The van der Waals surface area contributed by atoms with Gasteiger partial charge in [-0.25, -0.2) is 0 Å². The molecule has 21 heavy (non-hydrogen) atoms. The third-order valence-electron chi connectivity index (χ3n) is 4.76. The van der Waals surface area contributed by atoms with Gasteiger partial charge >= 0.3 is 0 Å². The van der Waals surface area contributed by atoms with Crippen molar-refractivity contribution in [3.05, 3.63) is 30.0 Å². The van der Waals surface area contributed by atoms with E-state index >= 15 is 0 Å². The van der Waals surface area contributed by atoms with Gasteiger partial charge in [-0.1, -0.05) is 19.8 Å². The Hall–Kier alpha value is -1.97. The van der Waals surface area contributed by atoms with Crippen molar-refractivity contribution in [1.82, 2.24) is 9.88 Å². The van der Waals surface area contributed by atoms with Crippen LogP contribution in [0.25, 0.3) is 10.9 Å². The first-order valence-corrected chi connectivity index (χ1v) is 7.71. The highest BCUT2D eigenvalue weighted by Crippen LogP contribution is 2.28. The molecule has 0 aliphatic heterocycles. The molecule has 1 saturated carbocycles. The number of aromatic nitrogens is 1. The summed E-state index contributed by atoms with van der Waals surface area (Å²) in [7, 11) is 1.93. The van der Waals surface area contributed by atoms with Gasteiger partial charge in [-0.3, -0.25) is 4.79 Å². The van der Waals surface area contributed by atoms with Gasteiger partial charge in [0.2, 0.25) is 0 Å². The summed E-state index contributed by atoms with van der Waals surface area (Å²) in [5.41, 5.74) is 8.12. The fourth-order valence-electron chi connectivity index (χ4n) is 3.48. The van der Waals surface area contributed by atoms with Crippen LogP contribution in [0.3, 0.4) is 0 Å². The lowest BCUT2D eigenvalue weighted by Gasteiger charge is -2.36. The summed E-state index contributed by atoms with van der Waals surface area (Å²) < 4.78 is 0. The first-order chi connectivity index (χ1) is 10.1. The van der Waals surface area contributed by atoms with Crippen molar-refractivity contribution in [1.29, 1.82) is 0 Å². The van der Waals surface area contributed by atoms with Gasteiger partial charge in [-0.05, 0) is 43.0 Å². The minimum atomic E-state index is 0.0727. The first kappa shape index (κ1) is 14.0. The molecule has 1 fully saturated rings. The largest absolute Gasteiger partial charge is 0.399 e. The van der Waals surface area contributed by atoms with Crippen LogP contribution >= 0.6 is 0 Å². The van der Waals surface area contributed by atoms with E-state index in [0.717, 1.165) is 23.0 Å². The number of nitrogen functional groups attached to an aromatic ring is 1. The molecule has 2 atom stereocenters. The lowest BCUT2D eigenvalue weighted by Crippen LogP contribution is -2.42. The Morgan fingerprint density at radius 1 is 1.29 bits per heavy atom.